The Hall–Kier alpha value is -2.13. The molecule has 3 fully saturated rings. The summed E-state index contributed by atoms with van der Waals surface area (Å²) in [7, 11) is 1.74. The molecule has 0 saturated carbocycles. The molecule has 3 aliphatic rings. The van der Waals surface area contributed by atoms with Crippen LogP contribution in [-0.4, -0.2) is 51.1 Å². The zero-order valence-corrected chi connectivity index (χ0v) is 19.1. The molecule has 0 spiro atoms. The van der Waals surface area contributed by atoms with Crippen molar-refractivity contribution in [3.63, 3.8) is 0 Å². The Morgan fingerprint density at radius 3 is 2.80 bits per heavy atom. The molecule has 30 heavy (non-hydrogen) atoms. The van der Waals surface area contributed by atoms with E-state index >= 15 is 0 Å². The summed E-state index contributed by atoms with van der Waals surface area (Å²) in [6.45, 7) is 6.49. The van der Waals surface area contributed by atoms with Crippen LogP contribution in [0.1, 0.15) is 23.2 Å². The molecule has 6 rings (SSSR count). The minimum absolute atomic E-state index is 0.338. The molecular formula is C26H28N2OSe. The van der Waals surface area contributed by atoms with Crippen LogP contribution in [0.3, 0.4) is 0 Å². The first-order valence-corrected chi connectivity index (χ1v) is 12.6. The molecule has 0 N–H and O–H groups in total. The second kappa shape index (κ2) is 8.55. The fraction of sp³-hybridized carbons (Fsp3) is 0.346. The van der Waals surface area contributed by atoms with Gasteiger partial charge in [0, 0.05) is 0 Å². The number of pyridine rings is 1. The van der Waals surface area contributed by atoms with Gasteiger partial charge in [-0.1, -0.05) is 0 Å². The fourth-order valence-corrected chi connectivity index (χ4v) is 8.10. The molecule has 4 heteroatoms. The Morgan fingerprint density at radius 1 is 1.20 bits per heavy atom. The van der Waals surface area contributed by atoms with E-state index in [0.29, 0.717) is 31.7 Å². The van der Waals surface area contributed by atoms with Crippen molar-refractivity contribution < 1.29 is 4.74 Å². The number of fused-ring (bicyclic) bond motifs is 4. The fourth-order valence-electron chi connectivity index (χ4n) is 5.21. The summed E-state index contributed by atoms with van der Waals surface area (Å²) in [6, 6.07) is 20.1. The molecule has 3 nitrogen and oxygen atoms in total. The second-order valence-electron chi connectivity index (χ2n) is 8.38. The van der Waals surface area contributed by atoms with Gasteiger partial charge in [-0.25, -0.2) is 0 Å². The van der Waals surface area contributed by atoms with Crippen molar-refractivity contribution in [2.75, 3.05) is 20.2 Å². The summed E-state index contributed by atoms with van der Waals surface area (Å²) in [5.74, 6) is 2.32. The third-order valence-corrected chi connectivity index (χ3v) is 9.67. The first-order valence-electron chi connectivity index (χ1n) is 10.8. The summed E-state index contributed by atoms with van der Waals surface area (Å²) >= 11 is 0.338. The Morgan fingerprint density at radius 2 is 2.07 bits per heavy atom. The number of methoxy groups -OCH3 is 1. The van der Waals surface area contributed by atoms with E-state index in [1.165, 1.54) is 34.8 Å². The molecule has 3 aromatic rings. The van der Waals surface area contributed by atoms with Crippen LogP contribution in [0.2, 0.25) is 0 Å². The molecule has 154 valence electrons. The van der Waals surface area contributed by atoms with Gasteiger partial charge in [-0.2, -0.15) is 0 Å². The van der Waals surface area contributed by atoms with Crippen LogP contribution in [-0.2, 0) is 0 Å². The Kier molecular flexibility index (Phi) is 5.64. The number of benzene rings is 2. The van der Waals surface area contributed by atoms with Gasteiger partial charge in [0.25, 0.3) is 0 Å². The Balaban J connectivity index is 1.59. The van der Waals surface area contributed by atoms with Crippen LogP contribution in [0.5, 0.6) is 5.75 Å². The standard InChI is InChI=1S/C26H28N2OSe/c1-3-18-17-28-14-12-19(18)15-25(28)26(30-21-7-5-4-6-8-21)22-11-13-27-24-10-9-20(29-2)16-23(22)24/h3-11,13,16,18-19,25-26H,1,12,14-15,17H2,2H3/t18-,19-,25-,26-/m0/s1. The molecular weight excluding hydrogens is 435 g/mol. The van der Waals surface area contributed by atoms with Crippen LogP contribution in [0, 0.1) is 11.8 Å². The van der Waals surface area contributed by atoms with Gasteiger partial charge in [0.1, 0.15) is 0 Å². The molecule has 0 amide bonds. The maximum absolute atomic E-state index is 5.55. The van der Waals surface area contributed by atoms with Crippen molar-refractivity contribution in [2.24, 2.45) is 11.8 Å². The van der Waals surface area contributed by atoms with Gasteiger partial charge in [0.05, 0.1) is 0 Å². The molecule has 2 bridgehead atoms. The van der Waals surface area contributed by atoms with Crippen molar-refractivity contribution >= 4 is 30.3 Å². The van der Waals surface area contributed by atoms with Crippen molar-refractivity contribution in [1.29, 1.82) is 0 Å². The normalized spacial score (nSPS) is 26.4. The van der Waals surface area contributed by atoms with E-state index in [-0.39, 0.29) is 0 Å². The monoisotopic (exact) mass is 464 g/mol. The van der Waals surface area contributed by atoms with Crippen LogP contribution < -0.4 is 9.20 Å². The van der Waals surface area contributed by atoms with Gasteiger partial charge in [-0.15, -0.1) is 0 Å². The summed E-state index contributed by atoms with van der Waals surface area (Å²) in [4.78, 5) is 7.89. The number of hydrogen-bond acceptors (Lipinski definition) is 3. The molecule has 1 aromatic heterocycles. The van der Waals surface area contributed by atoms with E-state index in [1.54, 1.807) is 7.11 Å². The Bertz CT molecular complexity index is 1040. The predicted octanol–water partition coefficient (Wildman–Crippen LogP) is 4.21. The number of rotatable bonds is 6. The third kappa shape index (κ3) is 3.69. The first-order chi connectivity index (χ1) is 14.8. The summed E-state index contributed by atoms with van der Waals surface area (Å²) in [5, 5.41) is 1.24. The SMILES string of the molecule is C=C[C@H]1CN2CC[C@H]1C[C@H]2[C@@H]([Se]c1ccccc1)c1ccnc2ccc(OC)cc12. The van der Waals surface area contributed by atoms with Gasteiger partial charge in [-0.3, -0.25) is 0 Å². The molecule has 0 aliphatic carbocycles. The number of hydrogen-bond donors (Lipinski definition) is 0. The zero-order valence-electron chi connectivity index (χ0n) is 17.4. The molecule has 5 atom stereocenters. The zero-order chi connectivity index (χ0) is 20.5. The number of nitrogens with zero attached hydrogens (tertiary/aromatic N) is 2. The van der Waals surface area contributed by atoms with Crippen molar-refractivity contribution in [2.45, 2.75) is 23.7 Å². The predicted molar refractivity (Wildman–Crippen MR) is 125 cm³/mol. The van der Waals surface area contributed by atoms with Gasteiger partial charge < -0.3 is 0 Å². The number of ether oxygens (including phenoxy) is 1. The van der Waals surface area contributed by atoms with Crippen molar-refractivity contribution in [3.8, 4) is 5.75 Å². The maximum atomic E-state index is 5.55. The van der Waals surface area contributed by atoms with Crippen LogP contribution >= 0.6 is 0 Å². The number of piperidine rings is 3. The van der Waals surface area contributed by atoms with Gasteiger partial charge in [0.2, 0.25) is 0 Å². The van der Waals surface area contributed by atoms with E-state index in [2.05, 4.69) is 71.1 Å². The topological polar surface area (TPSA) is 25.4 Å². The van der Waals surface area contributed by atoms with E-state index in [1.807, 2.05) is 12.3 Å². The van der Waals surface area contributed by atoms with Gasteiger partial charge >= 0.3 is 185 Å². The molecule has 1 unspecified atom stereocenters. The molecule has 0 radical (unpaired) electrons. The van der Waals surface area contributed by atoms with E-state index < -0.39 is 0 Å². The Labute approximate surface area is 185 Å². The summed E-state index contributed by atoms with van der Waals surface area (Å²) in [5.41, 5.74) is 2.48. The third-order valence-electron chi connectivity index (χ3n) is 6.80. The number of aromatic nitrogens is 1. The molecule has 2 aromatic carbocycles. The average molecular weight is 463 g/mol. The van der Waals surface area contributed by atoms with E-state index in [0.717, 1.165) is 23.7 Å². The average Bonchev–Trinajstić information content (AvgIpc) is 2.82. The van der Waals surface area contributed by atoms with Crippen LogP contribution in [0.15, 0.2) is 73.4 Å². The van der Waals surface area contributed by atoms with Gasteiger partial charge in [0.15, 0.2) is 0 Å². The summed E-state index contributed by atoms with van der Waals surface area (Å²) < 4.78 is 7.02. The molecule has 3 aliphatic heterocycles. The van der Waals surface area contributed by atoms with Crippen molar-refractivity contribution in [3.05, 3.63) is 79.0 Å². The van der Waals surface area contributed by atoms with E-state index in [9.17, 15) is 0 Å². The van der Waals surface area contributed by atoms with Crippen LogP contribution in [0.25, 0.3) is 10.9 Å². The minimum atomic E-state index is 0.338. The molecule has 3 saturated heterocycles. The van der Waals surface area contributed by atoms with Crippen molar-refractivity contribution in [1.82, 2.24) is 9.88 Å². The second-order valence-corrected chi connectivity index (χ2v) is 10.9. The molecule has 4 heterocycles. The van der Waals surface area contributed by atoms with Crippen LogP contribution in [0.4, 0.5) is 0 Å². The first kappa shape index (κ1) is 19.8. The quantitative estimate of drug-likeness (QED) is 0.405. The van der Waals surface area contributed by atoms with E-state index in [4.69, 9.17) is 4.74 Å². The summed E-state index contributed by atoms with van der Waals surface area (Å²) in [6.07, 6.45) is 6.76. The van der Waals surface area contributed by atoms with Gasteiger partial charge in [-0.05, 0) is 0 Å².